The zero-order chi connectivity index (χ0) is 18.2. The first-order valence-corrected chi connectivity index (χ1v) is 9.02. The van der Waals surface area contributed by atoms with Gasteiger partial charge in [0.05, 0.1) is 0 Å². The molecule has 2 aromatic rings. The summed E-state index contributed by atoms with van der Waals surface area (Å²) in [5, 5.41) is 0. The fraction of sp³-hybridized carbons (Fsp3) is 0.348. The number of carbonyl (C=O) groups is 1. The van der Waals surface area contributed by atoms with E-state index >= 15 is 0 Å². The second kappa shape index (κ2) is 9.33. The third-order valence-electron chi connectivity index (χ3n) is 4.34. The van der Waals surface area contributed by atoms with Crippen molar-refractivity contribution in [3.05, 3.63) is 76.9 Å². The van der Waals surface area contributed by atoms with Gasteiger partial charge in [0.1, 0.15) is 0 Å². The summed E-state index contributed by atoms with van der Waals surface area (Å²) >= 11 is 0. The third kappa shape index (κ3) is 6.32. The molecule has 0 amide bonds. The van der Waals surface area contributed by atoms with Gasteiger partial charge in [0, 0.05) is 5.56 Å². The molecule has 2 aromatic carbocycles. The molecule has 2 nitrogen and oxygen atoms in total. The monoisotopic (exact) mass is 335 g/mol. The van der Waals surface area contributed by atoms with Crippen LogP contribution in [0.3, 0.4) is 0 Å². The van der Waals surface area contributed by atoms with E-state index < -0.39 is 0 Å². The van der Waals surface area contributed by atoms with Gasteiger partial charge in [-0.05, 0) is 62.2 Å². The highest BCUT2D eigenvalue weighted by Gasteiger charge is 2.03. The Morgan fingerprint density at radius 1 is 1.00 bits per heavy atom. The molecule has 0 bridgehead atoms. The summed E-state index contributed by atoms with van der Waals surface area (Å²) in [4.78, 5) is 14.5. The van der Waals surface area contributed by atoms with Crippen LogP contribution in [0.2, 0.25) is 0 Å². The number of hydrogen-bond donors (Lipinski definition) is 0. The van der Waals surface area contributed by atoms with Gasteiger partial charge < -0.3 is 4.90 Å². The standard InChI is InChI=1S/C23H29NO/c1-18(2)21-12-7-20(8-13-21)11-16-23(25)22-14-9-19(10-15-22)6-5-17-24(3)4/h7-16,18H,5-6,17H2,1-4H3. The summed E-state index contributed by atoms with van der Waals surface area (Å²) in [6, 6.07) is 16.4. The van der Waals surface area contributed by atoms with Crippen LogP contribution in [0.4, 0.5) is 0 Å². The SMILES string of the molecule is CC(C)c1ccc(C=CC(=O)c2ccc(CCCN(C)C)cc2)cc1. The van der Waals surface area contributed by atoms with E-state index in [4.69, 9.17) is 0 Å². The summed E-state index contributed by atoms with van der Waals surface area (Å²) in [6.07, 6.45) is 5.72. The minimum atomic E-state index is 0.0489. The van der Waals surface area contributed by atoms with E-state index in [2.05, 4.69) is 69.2 Å². The molecule has 0 spiro atoms. The van der Waals surface area contributed by atoms with Crippen LogP contribution in [-0.4, -0.2) is 31.3 Å². The smallest absolute Gasteiger partial charge is 0.185 e. The Kier molecular flexibility index (Phi) is 7.15. The average molecular weight is 335 g/mol. The van der Waals surface area contributed by atoms with Crippen LogP contribution >= 0.6 is 0 Å². The number of benzene rings is 2. The average Bonchev–Trinajstić information content (AvgIpc) is 2.60. The Morgan fingerprint density at radius 3 is 2.20 bits per heavy atom. The highest BCUT2D eigenvalue weighted by Crippen LogP contribution is 2.16. The third-order valence-corrected chi connectivity index (χ3v) is 4.34. The van der Waals surface area contributed by atoms with Crippen molar-refractivity contribution in [3.63, 3.8) is 0 Å². The van der Waals surface area contributed by atoms with Gasteiger partial charge in [-0.1, -0.05) is 68.5 Å². The Hall–Kier alpha value is -2.19. The molecule has 0 saturated carbocycles. The van der Waals surface area contributed by atoms with E-state index in [-0.39, 0.29) is 5.78 Å². The van der Waals surface area contributed by atoms with E-state index in [0.29, 0.717) is 5.92 Å². The van der Waals surface area contributed by atoms with Gasteiger partial charge >= 0.3 is 0 Å². The van der Waals surface area contributed by atoms with Crippen LogP contribution in [0.25, 0.3) is 6.08 Å². The first kappa shape index (κ1) is 19.1. The summed E-state index contributed by atoms with van der Waals surface area (Å²) in [6.45, 7) is 5.44. The highest BCUT2D eigenvalue weighted by molar-refractivity contribution is 6.06. The predicted molar refractivity (Wildman–Crippen MR) is 107 cm³/mol. The van der Waals surface area contributed by atoms with Crippen molar-refractivity contribution in [1.82, 2.24) is 4.90 Å². The molecular formula is C23H29NO. The first-order chi connectivity index (χ1) is 12.0. The maximum atomic E-state index is 12.3. The quantitative estimate of drug-likeness (QED) is 0.488. The number of ketones is 1. The molecule has 0 N–H and O–H groups in total. The van der Waals surface area contributed by atoms with Crippen molar-refractivity contribution in [1.29, 1.82) is 0 Å². The molecule has 0 atom stereocenters. The van der Waals surface area contributed by atoms with Crippen molar-refractivity contribution in [2.24, 2.45) is 0 Å². The summed E-state index contributed by atoms with van der Waals surface area (Å²) in [7, 11) is 4.18. The molecule has 0 radical (unpaired) electrons. The van der Waals surface area contributed by atoms with E-state index in [9.17, 15) is 4.79 Å². The minimum absolute atomic E-state index is 0.0489. The minimum Gasteiger partial charge on any atom is -0.309 e. The van der Waals surface area contributed by atoms with Crippen LogP contribution < -0.4 is 0 Å². The van der Waals surface area contributed by atoms with Gasteiger partial charge in [-0.15, -0.1) is 0 Å². The molecule has 0 unspecified atom stereocenters. The maximum Gasteiger partial charge on any atom is 0.185 e. The molecule has 25 heavy (non-hydrogen) atoms. The lowest BCUT2D eigenvalue weighted by Gasteiger charge is -2.09. The van der Waals surface area contributed by atoms with Crippen molar-refractivity contribution >= 4 is 11.9 Å². The summed E-state index contributed by atoms with van der Waals surface area (Å²) < 4.78 is 0. The summed E-state index contributed by atoms with van der Waals surface area (Å²) in [5.41, 5.74) is 4.39. The Morgan fingerprint density at radius 2 is 1.64 bits per heavy atom. The van der Waals surface area contributed by atoms with Crippen molar-refractivity contribution in [3.8, 4) is 0 Å². The number of hydrogen-bond acceptors (Lipinski definition) is 2. The van der Waals surface area contributed by atoms with Gasteiger partial charge in [0.25, 0.3) is 0 Å². The Balaban J connectivity index is 1.93. The molecule has 0 aliphatic rings. The van der Waals surface area contributed by atoms with Crippen molar-refractivity contribution < 1.29 is 4.79 Å². The topological polar surface area (TPSA) is 20.3 Å². The second-order valence-electron chi connectivity index (χ2n) is 7.12. The number of aryl methyl sites for hydroxylation is 1. The molecule has 0 heterocycles. The maximum absolute atomic E-state index is 12.3. The number of allylic oxidation sites excluding steroid dienone is 1. The van der Waals surface area contributed by atoms with E-state index in [1.54, 1.807) is 6.08 Å². The fourth-order valence-corrected chi connectivity index (χ4v) is 2.70. The number of carbonyl (C=O) groups excluding carboxylic acids is 1. The largest absolute Gasteiger partial charge is 0.309 e. The lowest BCUT2D eigenvalue weighted by atomic mass is 10.0. The molecule has 0 saturated heterocycles. The normalized spacial score (nSPS) is 11.6. The van der Waals surface area contributed by atoms with Gasteiger partial charge in [0.15, 0.2) is 5.78 Å². The van der Waals surface area contributed by atoms with Crippen LogP contribution in [0.15, 0.2) is 54.6 Å². The molecule has 0 aliphatic carbocycles. The zero-order valence-electron chi connectivity index (χ0n) is 15.8. The highest BCUT2D eigenvalue weighted by atomic mass is 16.1. The van der Waals surface area contributed by atoms with Crippen LogP contribution in [0.1, 0.15) is 53.2 Å². The predicted octanol–water partition coefficient (Wildman–Crippen LogP) is 5.20. The molecule has 0 fully saturated rings. The van der Waals surface area contributed by atoms with E-state index in [1.165, 1.54) is 11.1 Å². The molecule has 132 valence electrons. The first-order valence-electron chi connectivity index (χ1n) is 9.02. The number of rotatable bonds is 8. The second-order valence-corrected chi connectivity index (χ2v) is 7.12. The van der Waals surface area contributed by atoms with Gasteiger partial charge in [-0.3, -0.25) is 4.79 Å². The molecule has 2 rings (SSSR count). The van der Waals surface area contributed by atoms with Crippen molar-refractivity contribution in [2.45, 2.75) is 32.6 Å². The van der Waals surface area contributed by atoms with Crippen molar-refractivity contribution in [2.75, 3.05) is 20.6 Å². The summed E-state index contributed by atoms with van der Waals surface area (Å²) in [5.74, 6) is 0.573. The lowest BCUT2D eigenvalue weighted by Crippen LogP contribution is -2.13. The zero-order valence-corrected chi connectivity index (χ0v) is 15.8. The molecule has 0 aromatic heterocycles. The van der Waals surface area contributed by atoms with Gasteiger partial charge in [0.2, 0.25) is 0 Å². The van der Waals surface area contributed by atoms with E-state index in [1.807, 2.05) is 18.2 Å². The van der Waals surface area contributed by atoms with Crippen LogP contribution in [0.5, 0.6) is 0 Å². The fourth-order valence-electron chi connectivity index (χ4n) is 2.70. The van der Waals surface area contributed by atoms with Crippen LogP contribution in [-0.2, 0) is 6.42 Å². The Labute approximate surface area is 152 Å². The Bertz CT molecular complexity index is 694. The molecule has 2 heteroatoms. The van der Waals surface area contributed by atoms with Gasteiger partial charge in [-0.2, -0.15) is 0 Å². The van der Waals surface area contributed by atoms with Crippen LogP contribution in [0, 0.1) is 0 Å². The molecule has 0 aliphatic heterocycles. The molecular weight excluding hydrogens is 306 g/mol. The number of nitrogens with zero attached hydrogens (tertiary/aromatic N) is 1. The van der Waals surface area contributed by atoms with Gasteiger partial charge in [-0.25, -0.2) is 0 Å². The lowest BCUT2D eigenvalue weighted by molar-refractivity contribution is 0.104. The van der Waals surface area contributed by atoms with E-state index in [0.717, 1.165) is 30.5 Å².